The van der Waals surface area contributed by atoms with E-state index < -0.39 is 25.1 Å². The lowest BCUT2D eigenvalue weighted by atomic mass is 10.2. The molecule has 0 unspecified atom stereocenters. The Balaban J connectivity index is 1.72. The average Bonchev–Trinajstić information content (AvgIpc) is 2.67. The van der Waals surface area contributed by atoms with Crippen LogP contribution in [0.25, 0.3) is 0 Å². The second kappa shape index (κ2) is 10.7. The first-order valence-corrected chi connectivity index (χ1v) is 9.34. The highest BCUT2D eigenvalue weighted by Gasteiger charge is 2.16. The Kier molecular flexibility index (Phi) is 8.30. The minimum atomic E-state index is -0.748. The molecule has 0 aliphatic rings. The van der Waals surface area contributed by atoms with E-state index in [2.05, 4.69) is 5.32 Å². The zero-order valence-electron chi connectivity index (χ0n) is 15.9. The number of benzene rings is 2. The maximum absolute atomic E-state index is 12.0. The fourth-order valence-corrected chi connectivity index (χ4v) is 2.63. The molecule has 2 aromatic carbocycles. The first kappa shape index (κ1) is 22.5. The van der Waals surface area contributed by atoms with Crippen LogP contribution < -0.4 is 10.1 Å². The number of hydrogen-bond acceptors (Lipinski definition) is 5. The zero-order valence-corrected chi connectivity index (χ0v) is 17.4. The number of amides is 2. The number of ether oxygens (including phenoxy) is 2. The number of rotatable bonds is 8. The van der Waals surface area contributed by atoms with Crippen molar-refractivity contribution in [1.82, 2.24) is 4.90 Å². The van der Waals surface area contributed by atoms with Gasteiger partial charge in [0, 0.05) is 17.8 Å². The summed E-state index contributed by atoms with van der Waals surface area (Å²) in [5, 5.41) is 3.37. The topological polar surface area (TPSA) is 84.9 Å². The Morgan fingerprint density at radius 2 is 1.72 bits per heavy atom. The molecule has 0 radical (unpaired) electrons. The summed E-state index contributed by atoms with van der Waals surface area (Å²) >= 11 is 11.7. The first-order valence-electron chi connectivity index (χ1n) is 8.58. The summed E-state index contributed by atoms with van der Waals surface area (Å²) in [4.78, 5) is 37.0. The van der Waals surface area contributed by atoms with Gasteiger partial charge in [0.1, 0.15) is 5.75 Å². The van der Waals surface area contributed by atoms with Crippen molar-refractivity contribution in [3.8, 4) is 5.75 Å². The molecule has 1 N–H and O–H groups in total. The molecule has 0 atom stereocenters. The third-order valence-corrected chi connectivity index (χ3v) is 4.27. The standard InChI is InChI=1S/C20H20Cl2N2O5/c1-13-3-6-15(7-4-13)23-18(25)10-24(2)19(26)11-29-20(27)12-28-17-8-5-14(21)9-16(17)22/h3-9H,10-12H2,1-2H3,(H,23,25). The summed E-state index contributed by atoms with van der Waals surface area (Å²) in [5.41, 5.74) is 1.70. The first-order chi connectivity index (χ1) is 13.7. The molecule has 9 heteroatoms. The van der Waals surface area contributed by atoms with E-state index in [4.69, 9.17) is 32.7 Å². The Hall–Kier alpha value is -2.77. The van der Waals surface area contributed by atoms with Crippen LogP contribution in [0.2, 0.25) is 10.0 Å². The monoisotopic (exact) mass is 438 g/mol. The summed E-state index contributed by atoms with van der Waals surface area (Å²) in [6, 6.07) is 11.8. The summed E-state index contributed by atoms with van der Waals surface area (Å²) in [6.45, 7) is 0.826. The lowest BCUT2D eigenvalue weighted by Crippen LogP contribution is -2.37. The highest BCUT2D eigenvalue weighted by atomic mass is 35.5. The van der Waals surface area contributed by atoms with Gasteiger partial charge in [0.05, 0.1) is 11.6 Å². The molecular formula is C20H20Cl2N2O5. The number of carbonyl (C=O) groups excluding carboxylic acids is 3. The van der Waals surface area contributed by atoms with Crippen molar-refractivity contribution >= 4 is 46.7 Å². The second-order valence-corrected chi connectivity index (χ2v) is 7.03. The highest BCUT2D eigenvalue weighted by molar-refractivity contribution is 6.35. The van der Waals surface area contributed by atoms with Gasteiger partial charge in [-0.05, 0) is 37.3 Å². The van der Waals surface area contributed by atoms with E-state index in [1.165, 1.54) is 19.2 Å². The van der Waals surface area contributed by atoms with Gasteiger partial charge in [-0.1, -0.05) is 40.9 Å². The number of nitrogens with zero attached hydrogens (tertiary/aromatic N) is 1. The van der Waals surface area contributed by atoms with E-state index >= 15 is 0 Å². The molecule has 2 rings (SSSR count). The number of carbonyl (C=O) groups is 3. The predicted octanol–water partition coefficient (Wildman–Crippen LogP) is 3.32. The number of anilines is 1. The predicted molar refractivity (Wildman–Crippen MR) is 110 cm³/mol. The molecule has 0 spiro atoms. The van der Waals surface area contributed by atoms with Crippen LogP contribution in [0, 0.1) is 6.92 Å². The molecule has 0 fully saturated rings. The van der Waals surface area contributed by atoms with Crippen molar-refractivity contribution in [2.24, 2.45) is 0 Å². The number of esters is 1. The molecule has 29 heavy (non-hydrogen) atoms. The lowest BCUT2D eigenvalue weighted by molar-refractivity contribution is -0.153. The maximum Gasteiger partial charge on any atom is 0.344 e. The largest absolute Gasteiger partial charge is 0.480 e. The second-order valence-electron chi connectivity index (χ2n) is 6.19. The van der Waals surface area contributed by atoms with Crippen LogP contribution in [-0.4, -0.2) is 49.5 Å². The molecule has 0 heterocycles. The van der Waals surface area contributed by atoms with Crippen LogP contribution in [0.3, 0.4) is 0 Å². The van der Waals surface area contributed by atoms with E-state index in [9.17, 15) is 14.4 Å². The van der Waals surface area contributed by atoms with Crippen molar-refractivity contribution in [2.45, 2.75) is 6.92 Å². The van der Waals surface area contributed by atoms with Gasteiger partial charge >= 0.3 is 5.97 Å². The molecule has 7 nitrogen and oxygen atoms in total. The highest BCUT2D eigenvalue weighted by Crippen LogP contribution is 2.27. The molecule has 0 aliphatic carbocycles. The number of likely N-dealkylation sites (N-methyl/N-ethyl adjacent to an activating group) is 1. The molecule has 2 aromatic rings. The van der Waals surface area contributed by atoms with Crippen molar-refractivity contribution in [1.29, 1.82) is 0 Å². The van der Waals surface area contributed by atoms with Crippen LogP contribution in [0.15, 0.2) is 42.5 Å². The minimum absolute atomic E-state index is 0.179. The molecule has 0 aromatic heterocycles. The van der Waals surface area contributed by atoms with Gasteiger partial charge in [-0.25, -0.2) is 4.79 Å². The van der Waals surface area contributed by atoms with E-state index in [1.54, 1.807) is 18.2 Å². The van der Waals surface area contributed by atoms with Crippen LogP contribution in [0.4, 0.5) is 5.69 Å². The average molecular weight is 439 g/mol. The zero-order chi connectivity index (χ0) is 21.4. The third kappa shape index (κ3) is 7.63. The van der Waals surface area contributed by atoms with Gasteiger partial charge in [0.15, 0.2) is 13.2 Å². The molecule has 2 amide bonds. The van der Waals surface area contributed by atoms with Crippen molar-refractivity contribution < 1.29 is 23.9 Å². The third-order valence-electron chi connectivity index (χ3n) is 3.74. The van der Waals surface area contributed by atoms with Crippen LogP contribution in [0.1, 0.15) is 5.56 Å². The summed E-state index contributed by atoms with van der Waals surface area (Å²) in [7, 11) is 1.44. The fourth-order valence-electron chi connectivity index (χ4n) is 2.16. The molecule has 0 saturated heterocycles. The normalized spacial score (nSPS) is 10.2. The van der Waals surface area contributed by atoms with Crippen molar-refractivity contribution in [3.63, 3.8) is 0 Å². The van der Waals surface area contributed by atoms with Gasteiger partial charge in [0.25, 0.3) is 5.91 Å². The molecule has 154 valence electrons. The van der Waals surface area contributed by atoms with E-state index in [0.29, 0.717) is 10.7 Å². The Morgan fingerprint density at radius 3 is 2.38 bits per heavy atom. The molecule has 0 aliphatic heterocycles. The van der Waals surface area contributed by atoms with Crippen LogP contribution in [0.5, 0.6) is 5.75 Å². The van der Waals surface area contributed by atoms with E-state index in [-0.39, 0.29) is 23.2 Å². The van der Waals surface area contributed by atoms with Crippen LogP contribution >= 0.6 is 23.2 Å². The number of nitrogens with one attached hydrogen (secondary N) is 1. The molecule has 0 bridgehead atoms. The van der Waals surface area contributed by atoms with E-state index in [1.807, 2.05) is 19.1 Å². The van der Waals surface area contributed by atoms with E-state index in [0.717, 1.165) is 10.5 Å². The molecular weight excluding hydrogens is 419 g/mol. The van der Waals surface area contributed by atoms with Crippen LogP contribution in [-0.2, 0) is 19.1 Å². The quantitative estimate of drug-likeness (QED) is 0.638. The van der Waals surface area contributed by atoms with Gasteiger partial charge in [-0.2, -0.15) is 0 Å². The SMILES string of the molecule is Cc1ccc(NC(=O)CN(C)C(=O)COC(=O)COc2ccc(Cl)cc2Cl)cc1. The van der Waals surface area contributed by atoms with Gasteiger partial charge in [-0.15, -0.1) is 0 Å². The summed E-state index contributed by atoms with van der Waals surface area (Å²) in [5.74, 6) is -1.37. The summed E-state index contributed by atoms with van der Waals surface area (Å²) in [6.07, 6.45) is 0. The van der Waals surface area contributed by atoms with Gasteiger partial charge < -0.3 is 19.7 Å². The van der Waals surface area contributed by atoms with Gasteiger partial charge in [-0.3, -0.25) is 9.59 Å². The fraction of sp³-hybridized carbons (Fsp3) is 0.250. The Labute approximate surface area is 178 Å². The van der Waals surface area contributed by atoms with Crippen molar-refractivity contribution in [3.05, 3.63) is 58.1 Å². The lowest BCUT2D eigenvalue weighted by Gasteiger charge is -2.17. The van der Waals surface area contributed by atoms with Gasteiger partial charge in [0.2, 0.25) is 5.91 Å². The number of hydrogen-bond donors (Lipinski definition) is 1. The Morgan fingerprint density at radius 1 is 1.03 bits per heavy atom. The number of aryl methyl sites for hydroxylation is 1. The summed E-state index contributed by atoms with van der Waals surface area (Å²) < 4.78 is 10.1. The minimum Gasteiger partial charge on any atom is -0.480 e. The maximum atomic E-state index is 12.0. The Bertz CT molecular complexity index is 887. The van der Waals surface area contributed by atoms with Crippen molar-refractivity contribution in [2.75, 3.05) is 32.1 Å². The molecule has 0 saturated carbocycles. The smallest absolute Gasteiger partial charge is 0.344 e. The number of halogens is 2.